The second-order valence-corrected chi connectivity index (χ2v) is 7.80. The Balaban J connectivity index is 1.86. The summed E-state index contributed by atoms with van der Waals surface area (Å²) in [5.74, 6) is -1.66. The fourth-order valence-electron chi connectivity index (χ4n) is 3.84. The summed E-state index contributed by atoms with van der Waals surface area (Å²) in [6.45, 7) is 0.0173. The molecule has 3 aromatic rings. The molecule has 0 spiro atoms. The molecule has 9 heteroatoms. The molecule has 1 unspecified atom stereocenters. The summed E-state index contributed by atoms with van der Waals surface area (Å²) in [4.78, 5) is 39.9. The van der Waals surface area contributed by atoms with Crippen molar-refractivity contribution in [3.8, 4) is 0 Å². The van der Waals surface area contributed by atoms with Crippen LogP contribution in [-0.2, 0) is 16.1 Å². The largest absolute Gasteiger partial charge is 0.507 e. The number of rotatable bonds is 6. The highest BCUT2D eigenvalue weighted by atomic mass is 16.6. The van der Waals surface area contributed by atoms with Gasteiger partial charge in [-0.1, -0.05) is 24.3 Å². The van der Waals surface area contributed by atoms with Gasteiger partial charge in [-0.05, 0) is 29.8 Å². The van der Waals surface area contributed by atoms with E-state index >= 15 is 0 Å². The number of aliphatic hydroxyl groups excluding tert-OH is 1. The van der Waals surface area contributed by atoms with Gasteiger partial charge in [-0.25, -0.2) is 0 Å². The number of non-ortho nitro benzene ring substituents is 1. The lowest BCUT2D eigenvalue weighted by molar-refractivity contribution is -0.384. The molecular weight excluding hydrogens is 426 g/mol. The van der Waals surface area contributed by atoms with E-state index in [0.29, 0.717) is 11.3 Å². The highest BCUT2D eigenvalue weighted by Crippen LogP contribution is 2.41. The van der Waals surface area contributed by atoms with Crippen molar-refractivity contribution in [3.05, 3.63) is 99.5 Å². The molecule has 4 rings (SSSR count). The number of ketones is 1. The number of anilines is 1. The molecule has 1 aliphatic rings. The minimum absolute atomic E-state index is 0.0173. The molecular formula is C24H21N3O6. The first-order chi connectivity index (χ1) is 15.8. The van der Waals surface area contributed by atoms with Crippen LogP contribution in [0.25, 0.3) is 5.76 Å². The van der Waals surface area contributed by atoms with Gasteiger partial charge < -0.3 is 19.3 Å². The van der Waals surface area contributed by atoms with Crippen LogP contribution >= 0.6 is 0 Å². The number of hydrogen-bond donors (Lipinski definition) is 1. The number of carbonyl (C=O) groups is 2. The Kier molecular flexibility index (Phi) is 5.70. The number of hydrogen-bond acceptors (Lipinski definition) is 7. The molecule has 1 aromatic heterocycles. The minimum Gasteiger partial charge on any atom is -0.507 e. The molecule has 0 radical (unpaired) electrons. The van der Waals surface area contributed by atoms with Gasteiger partial charge in [0.1, 0.15) is 11.5 Å². The zero-order valence-corrected chi connectivity index (χ0v) is 18.0. The van der Waals surface area contributed by atoms with Gasteiger partial charge in [-0.15, -0.1) is 0 Å². The first kappa shape index (κ1) is 21.8. The van der Waals surface area contributed by atoms with Gasteiger partial charge in [-0.2, -0.15) is 0 Å². The van der Waals surface area contributed by atoms with E-state index in [-0.39, 0.29) is 23.4 Å². The minimum atomic E-state index is -0.898. The lowest BCUT2D eigenvalue weighted by Gasteiger charge is -2.25. The maximum Gasteiger partial charge on any atom is 0.296 e. The lowest BCUT2D eigenvalue weighted by Crippen LogP contribution is -2.29. The van der Waals surface area contributed by atoms with Gasteiger partial charge in [0.2, 0.25) is 0 Å². The van der Waals surface area contributed by atoms with Gasteiger partial charge in [0.25, 0.3) is 17.4 Å². The van der Waals surface area contributed by atoms with Gasteiger partial charge in [0, 0.05) is 37.5 Å². The molecule has 2 heterocycles. The third kappa shape index (κ3) is 4.08. The smallest absolute Gasteiger partial charge is 0.296 e. The van der Waals surface area contributed by atoms with Crippen molar-refractivity contribution in [3.63, 3.8) is 0 Å². The predicted octanol–water partition coefficient (Wildman–Crippen LogP) is 3.88. The third-order valence-electron chi connectivity index (χ3n) is 5.50. The second-order valence-electron chi connectivity index (χ2n) is 7.80. The monoisotopic (exact) mass is 447 g/mol. The van der Waals surface area contributed by atoms with Gasteiger partial charge in [-0.3, -0.25) is 19.7 Å². The van der Waals surface area contributed by atoms with E-state index < -0.39 is 28.4 Å². The highest BCUT2D eigenvalue weighted by Gasteiger charge is 2.46. The molecule has 168 valence electrons. The van der Waals surface area contributed by atoms with Crippen molar-refractivity contribution in [1.29, 1.82) is 0 Å². The first-order valence-corrected chi connectivity index (χ1v) is 10.1. The van der Waals surface area contributed by atoms with E-state index in [1.54, 1.807) is 24.3 Å². The molecule has 0 aliphatic carbocycles. The Morgan fingerprint density at radius 3 is 2.45 bits per heavy atom. The Labute approximate surface area is 189 Å². The molecule has 1 atom stereocenters. The number of carbonyl (C=O) groups excluding carboxylic acids is 2. The standard InChI is InChI=1S/C24H21N3O6/c1-25(2)17-10-8-15(9-11-17)21-20(22(28)16-5-3-6-18(13-16)27(31)32)23(29)24(30)26(21)14-19-7-4-12-33-19/h3-13,21,28H,14H2,1-2H3/b22-20+. The molecule has 1 N–H and O–H groups in total. The Hall–Kier alpha value is -4.40. The summed E-state index contributed by atoms with van der Waals surface area (Å²) in [5, 5.41) is 22.2. The maximum atomic E-state index is 13.1. The van der Waals surface area contributed by atoms with Crippen LogP contribution in [0.1, 0.15) is 22.9 Å². The quantitative estimate of drug-likeness (QED) is 0.200. The molecule has 33 heavy (non-hydrogen) atoms. The summed E-state index contributed by atoms with van der Waals surface area (Å²) < 4.78 is 5.37. The number of Topliss-reactive ketones (excluding diaryl/α,β-unsaturated/α-hetero) is 1. The molecule has 1 fully saturated rings. The molecule has 9 nitrogen and oxygen atoms in total. The average Bonchev–Trinajstić information content (AvgIpc) is 3.41. The SMILES string of the molecule is CN(C)c1ccc(C2/C(=C(\O)c3cccc([N+](=O)[O-])c3)C(=O)C(=O)N2Cc2ccco2)cc1. The fourth-order valence-corrected chi connectivity index (χ4v) is 3.84. The van der Waals surface area contributed by atoms with Crippen LogP contribution < -0.4 is 4.90 Å². The van der Waals surface area contributed by atoms with Crippen molar-refractivity contribution in [1.82, 2.24) is 4.90 Å². The van der Waals surface area contributed by atoms with Crippen LogP contribution in [0.4, 0.5) is 11.4 Å². The van der Waals surface area contributed by atoms with Crippen molar-refractivity contribution in [2.24, 2.45) is 0 Å². The Morgan fingerprint density at radius 2 is 1.85 bits per heavy atom. The van der Waals surface area contributed by atoms with Crippen molar-refractivity contribution in [2.45, 2.75) is 12.6 Å². The number of amides is 1. The molecule has 0 saturated carbocycles. The topological polar surface area (TPSA) is 117 Å². The Bertz CT molecular complexity index is 1250. The van der Waals surface area contributed by atoms with E-state index in [4.69, 9.17) is 4.42 Å². The summed E-state index contributed by atoms with van der Waals surface area (Å²) in [7, 11) is 3.78. The van der Waals surface area contributed by atoms with Crippen LogP contribution in [0, 0.1) is 10.1 Å². The number of nitro groups is 1. The molecule has 2 aromatic carbocycles. The number of aliphatic hydroxyl groups is 1. The number of benzene rings is 2. The van der Waals surface area contributed by atoms with Crippen LogP contribution in [0.2, 0.25) is 0 Å². The van der Waals surface area contributed by atoms with Gasteiger partial charge >= 0.3 is 0 Å². The highest BCUT2D eigenvalue weighted by molar-refractivity contribution is 6.46. The van der Waals surface area contributed by atoms with Crippen LogP contribution in [-0.4, -0.2) is 40.7 Å². The maximum absolute atomic E-state index is 13.1. The molecule has 1 saturated heterocycles. The normalized spacial score (nSPS) is 17.4. The van der Waals surface area contributed by atoms with Crippen LogP contribution in [0.3, 0.4) is 0 Å². The van der Waals surface area contributed by atoms with E-state index in [1.807, 2.05) is 31.1 Å². The summed E-state index contributed by atoms with van der Waals surface area (Å²) in [6.07, 6.45) is 1.47. The second kappa shape index (κ2) is 8.62. The van der Waals surface area contributed by atoms with Crippen molar-refractivity contribution >= 4 is 28.8 Å². The van der Waals surface area contributed by atoms with Crippen molar-refractivity contribution < 1.29 is 24.0 Å². The number of nitro benzene ring substituents is 1. The summed E-state index contributed by atoms with van der Waals surface area (Å²) in [5.41, 5.74) is 1.23. The third-order valence-corrected chi connectivity index (χ3v) is 5.50. The number of nitrogens with zero attached hydrogens (tertiary/aromatic N) is 3. The first-order valence-electron chi connectivity index (χ1n) is 10.1. The zero-order valence-electron chi connectivity index (χ0n) is 18.0. The van der Waals surface area contributed by atoms with Crippen LogP contribution in [0.15, 0.2) is 76.9 Å². The summed E-state index contributed by atoms with van der Waals surface area (Å²) in [6, 6.07) is 15.0. The van der Waals surface area contributed by atoms with Crippen molar-refractivity contribution in [2.75, 3.05) is 19.0 Å². The van der Waals surface area contributed by atoms with E-state index in [1.165, 1.54) is 35.4 Å². The number of likely N-dealkylation sites (tertiary alicyclic amines) is 1. The Morgan fingerprint density at radius 1 is 1.12 bits per heavy atom. The predicted molar refractivity (Wildman–Crippen MR) is 120 cm³/mol. The molecule has 0 bridgehead atoms. The molecule has 1 aliphatic heterocycles. The molecule has 1 amide bonds. The summed E-state index contributed by atoms with van der Waals surface area (Å²) >= 11 is 0. The number of furan rings is 1. The van der Waals surface area contributed by atoms with E-state index in [2.05, 4.69) is 0 Å². The zero-order chi connectivity index (χ0) is 23.7. The average molecular weight is 447 g/mol. The van der Waals surface area contributed by atoms with Gasteiger partial charge in [0.15, 0.2) is 0 Å². The lowest BCUT2D eigenvalue weighted by atomic mass is 9.95. The van der Waals surface area contributed by atoms with E-state index in [9.17, 15) is 24.8 Å². The van der Waals surface area contributed by atoms with Gasteiger partial charge in [0.05, 0.1) is 29.3 Å². The van der Waals surface area contributed by atoms with Crippen LogP contribution in [0.5, 0.6) is 0 Å². The van der Waals surface area contributed by atoms with E-state index in [0.717, 1.165) is 5.69 Å². The fraction of sp³-hybridized carbons (Fsp3) is 0.167.